The van der Waals surface area contributed by atoms with Crippen LogP contribution in [-0.4, -0.2) is 22.6 Å². The van der Waals surface area contributed by atoms with E-state index in [0.717, 1.165) is 7.14 Å². The maximum Gasteiger partial charge on any atom is 0.137 e. The third kappa shape index (κ3) is 3.92. The van der Waals surface area contributed by atoms with Crippen molar-refractivity contribution in [2.24, 2.45) is 10.2 Å². The quantitative estimate of drug-likeness (QED) is 0.390. The van der Waals surface area contributed by atoms with Crippen molar-refractivity contribution >= 4 is 57.6 Å². The number of aromatic hydroxyl groups is 2. The van der Waals surface area contributed by atoms with E-state index in [4.69, 9.17) is 0 Å². The fourth-order valence-electron chi connectivity index (χ4n) is 1.47. The molecule has 0 aliphatic rings. The van der Waals surface area contributed by atoms with Gasteiger partial charge in [-0.2, -0.15) is 10.2 Å². The molecule has 0 heterocycles. The first kappa shape index (κ1) is 15.2. The smallest absolute Gasteiger partial charge is 0.137 e. The number of benzene rings is 2. The zero-order valence-electron chi connectivity index (χ0n) is 10.2. The summed E-state index contributed by atoms with van der Waals surface area (Å²) in [7, 11) is 0. The van der Waals surface area contributed by atoms with Gasteiger partial charge in [0.2, 0.25) is 0 Å². The molecule has 0 radical (unpaired) electrons. The van der Waals surface area contributed by atoms with Gasteiger partial charge in [0, 0.05) is 14.7 Å². The van der Waals surface area contributed by atoms with E-state index >= 15 is 0 Å². The van der Waals surface area contributed by atoms with Gasteiger partial charge in [-0.05, 0) is 69.4 Å². The van der Waals surface area contributed by atoms with Crippen molar-refractivity contribution in [3.63, 3.8) is 0 Å². The molecule has 2 N–H and O–H groups in total. The molecule has 102 valence electrons. The Labute approximate surface area is 143 Å². The summed E-state index contributed by atoms with van der Waals surface area (Å²) in [4.78, 5) is 0. The Balaban J connectivity index is 2.17. The normalized spacial score (nSPS) is 11.5. The molecule has 2 aromatic rings. The molecule has 0 saturated carbocycles. The molecular weight excluding hydrogens is 482 g/mol. The first-order valence-electron chi connectivity index (χ1n) is 5.60. The van der Waals surface area contributed by atoms with Crippen molar-refractivity contribution in [3.8, 4) is 11.5 Å². The highest BCUT2D eigenvalue weighted by Gasteiger charge is 2.04. The first-order chi connectivity index (χ1) is 9.58. The van der Waals surface area contributed by atoms with Crippen LogP contribution in [0, 0.1) is 7.14 Å². The first-order valence-corrected chi connectivity index (χ1v) is 7.76. The number of halogens is 2. The fourth-order valence-corrected chi connectivity index (χ4v) is 3.36. The highest BCUT2D eigenvalue weighted by atomic mass is 127. The summed E-state index contributed by atoms with van der Waals surface area (Å²) in [5.74, 6) is 0.339. The lowest BCUT2D eigenvalue weighted by molar-refractivity contribution is 0.470. The van der Waals surface area contributed by atoms with Crippen LogP contribution in [0.1, 0.15) is 11.1 Å². The minimum Gasteiger partial charge on any atom is -0.507 e. The van der Waals surface area contributed by atoms with Gasteiger partial charge in [0.1, 0.15) is 11.5 Å². The van der Waals surface area contributed by atoms with E-state index in [1.807, 2.05) is 12.1 Å². The van der Waals surface area contributed by atoms with Crippen LogP contribution in [-0.2, 0) is 0 Å². The maximum atomic E-state index is 9.89. The summed E-state index contributed by atoms with van der Waals surface area (Å²) in [6.45, 7) is 0. The van der Waals surface area contributed by atoms with Gasteiger partial charge >= 0.3 is 0 Å². The number of para-hydroxylation sites is 1. The molecule has 0 aliphatic carbocycles. The van der Waals surface area contributed by atoms with Crippen molar-refractivity contribution in [1.29, 1.82) is 0 Å². The zero-order chi connectivity index (χ0) is 14.5. The molecule has 0 bridgehead atoms. The third-order valence-electron chi connectivity index (χ3n) is 2.45. The molecule has 0 aliphatic heterocycles. The van der Waals surface area contributed by atoms with Gasteiger partial charge in [-0.3, -0.25) is 0 Å². The van der Waals surface area contributed by atoms with E-state index in [1.165, 1.54) is 12.4 Å². The SMILES string of the molecule is Oc1ccccc1C=NN=Cc1cc(I)cc(I)c1O. The van der Waals surface area contributed by atoms with Gasteiger partial charge in [0.05, 0.1) is 16.0 Å². The minimum atomic E-state index is 0.151. The molecule has 2 rings (SSSR count). The van der Waals surface area contributed by atoms with E-state index in [2.05, 4.69) is 55.4 Å². The van der Waals surface area contributed by atoms with Crippen molar-refractivity contribution in [2.45, 2.75) is 0 Å². The van der Waals surface area contributed by atoms with Gasteiger partial charge in [-0.15, -0.1) is 0 Å². The van der Waals surface area contributed by atoms with Crippen LogP contribution in [0.5, 0.6) is 11.5 Å². The molecule has 0 unspecified atom stereocenters. The Hall–Kier alpha value is -1.16. The Kier molecular flexibility index (Phi) is 5.35. The number of hydrogen-bond acceptors (Lipinski definition) is 4. The number of hydrogen-bond donors (Lipinski definition) is 2. The minimum absolute atomic E-state index is 0.151. The van der Waals surface area contributed by atoms with Crippen molar-refractivity contribution in [1.82, 2.24) is 0 Å². The highest BCUT2D eigenvalue weighted by Crippen LogP contribution is 2.25. The lowest BCUT2D eigenvalue weighted by atomic mass is 10.2. The molecule has 4 nitrogen and oxygen atoms in total. The Morgan fingerprint density at radius 3 is 2.25 bits per heavy atom. The molecule has 0 aromatic heterocycles. The summed E-state index contributed by atoms with van der Waals surface area (Å²) in [5, 5.41) is 27.2. The molecule has 2 aromatic carbocycles. The third-order valence-corrected chi connectivity index (χ3v) is 3.90. The Morgan fingerprint density at radius 2 is 1.55 bits per heavy atom. The van der Waals surface area contributed by atoms with Crippen LogP contribution < -0.4 is 0 Å². The van der Waals surface area contributed by atoms with Gasteiger partial charge < -0.3 is 10.2 Å². The second-order valence-electron chi connectivity index (χ2n) is 3.87. The molecule has 0 fully saturated rings. The largest absolute Gasteiger partial charge is 0.507 e. The van der Waals surface area contributed by atoms with E-state index in [9.17, 15) is 10.2 Å². The number of nitrogens with zero attached hydrogens (tertiary/aromatic N) is 2. The van der Waals surface area contributed by atoms with Crippen molar-refractivity contribution in [3.05, 3.63) is 54.7 Å². The van der Waals surface area contributed by atoms with Crippen LogP contribution in [0.25, 0.3) is 0 Å². The fraction of sp³-hybridized carbons (Fsp3) is 0. The van der Waals surface area contributed by atoms with Crippen molar-refractivity contribution < 1.29 is 10.2 Å². The van der Waals surface area contributed by atoms with E-state index in [-0.39, 0.29) is 11.5 Å². The summed E-state index contributed by atoms with van der Waals surface area (Å²) < 4.78 is 1.77. The summed E-state index contributed by atoms with van der Waals surface area (Å²) in [6.07, 6.45) is 2.94. The summed E-state index contributed by atoms with van der Waals surface area (Å²) >= 11 is 4.24. The molecule has 0 spiro atoms. The van der Waals surface area contributed by atoms with Crippen LogP contribution >= 0.6 is 45.2 Å². The van der Waals surface area contributed by atoms with Crippen LogP contribution in [0.4, 0.5) is 0 Å². The average Bonchev–Trinajstić information content (AvgIpc) is 2.41. The molecule has 0 saturated heterocycles. The van der Waals surface area contributed by atoms with Crippen LogP contribution in [0.15, 0.2) is 46.6 Å². The number of rotatable bonds is 3. The lowest BCUT2D eigenvalue weighted by Gasteiger charge is -2.01. The monoisotopic (exact) mass is 492 g/mol. The van der Waals surface area contributed by atoms with Gasteiger partial charge in [0.25, 0.3) is 0 Å². The topological polar surface area (TPSA) is 65.2 Å². The van der Waals surface area contributed by atoms with Crippen LogP contribution in [0.2, 0.25) is 0 Å². The van der Waals surface area contributed by atoms with Gasteiger partial charge in [0.15, 0.2) is 0 Å². The van der Waals surface area contributed by atoms with E-state index in [1.54, 1.807) is 24.3 Å². The average molecular weight is 492 g/mol. The standard InChI is InChI=1S/C14H10I2N2O2/c15-11-5-10(14(20)12(16)6-11)8-18-17-7-9-3-1-2-4-13(9)19/h1-8,19-20H. The summed E-state index contributed by atoms with van der Waals surface area (Å²) in [6, 6.07) is 10.6. The predicted molar refractivity (Wildman–Crippen MR) is 96.8 cm³/mol. The van der Waals surface area contributed by atoms with Crippen molar-refractivity contribution in [2.75, 3.05) is 0 Å². The molecule has 20 heavy (non-hydrogen) atoms. The number of phenols is 2. The number of phenolic OH excluding ortho intramolecular Hbond substituents is 2. The zero-order valence-corrected chi connectivity index (χ0v) is 14.5. The Bertz CT molecular complexity index is 685. The maximum absolute atomic E-state index is 9.89. The van der Waals surface area contributed by atoms with E-state index in [0.29, 0.717) is 11.1 Å². The Morgan fingerprint density at radius 1 is 0.900 bits per heavy atom. The highest BCUT2D eigenvalue weighted by molar-refractivity contribution is 14.1. The summed E-state index contributed by atoms with van der Waals surface area (Å²) in [5.41, 5.74) is 1.20. The molecule has 0 amide bonds. The molecular formula is C14H10I2N2O2. The van der Waals surface area contributed by atoms with Gasteiger partial charge in [-0.1, -0.05) is 12.1 Å². The second kappa shape index (κ2) is 7.02. The predicted octanol–water partition coefficient (Wildman–Crippen LogP) is 3.76. The van der Waals surface area contributed by atoms with Gasteiger partial charge in [-0.25, -0.2) is 0 Å². The lowest BCUT2D eigenvalue weighted by Crippen LogP contribution is -1.87. The van der Waals surface area contributed by atoms with Crippen LogP contribution in [0.3, 0.4) is 0 Å². The second-order valence-corrected chi connectivity index (χ2v) is 6.28. The molecule has 6 heteroatoms. The van der Waals surface area contributed by atoms with E-state index < -0.39 is 0 Å². The molecule has 0 atom stereocenters.